The molecule has 2 rings (SSSR count). The summed E-state index contributed by atoms with van der Waals surface area (Å²) >= 11 is 0. The fourth-order valence-electron chi connectivity index (χ4n) is 1.82. The lowest BCUT2D eigenvalue weighted by molar-refractivity contribution is -0.121. The maximum absolute atomic E-state index is 11.8. The molecule has 1 aromatic rings. The molecule has 1 fully saturated rings. The van der Waals surface area contributed by atoms with E-state index >= 15 is 0 Å². The van der Waals surface area contributed by atoms with E-state index in [1.54, 1.807) is 17.1 Å². The van der Waals surface area contributed by atoms with Gasteiger partial charge < -0.3 is 20.9 Å². The molecule has 0 bridgehead atoms. The van der Waals surface area contributed by atoms with Crippen LogP contribution in [0.4, 0.5) is 0 Å². The summed E-state index contributed by atoms with van der Waals surface area (Å²) in [7, 11) is 0. The van der Waals surface area contributed by atoms with E-state index < -0.39 is 0 Å². The fraction of sp³-hybridized carbons (Fsp3) is 0.615. The molecule has 1 aliphatic carbocycles. The number of nitrogens with two attached hydrogens (primary N) is 1. The van der Waals surface area contributed by atoms with Crippen molar-refractivity contribution in [3.8, 4) is 0 Å². The first-order valence-corrected chi connectivity index (χ1v) is 6.98. The molecular weight excluding hydrogens is 258 g/mol. The average Bonchev–Trinajstić information content (AvgIpc) is 3.10. The molecule has 0 unspecified atom stereocenters. The molecule has 4 N–H and O–H groups in total. The Hall–Kier alpha value is -1.89. The molecule has 110 valence electrons. The lowest BCUT2D eigenvalue weighted by Crippen LogP contribution is -2.28. The van der Waals surface area contributed by atoms with Crippen LogP contribution in [-0.4, -0.2) is 40.5 Å². The van der Waals surface area contributed by atoms with Crippen molar-refractivity contribution in [3.05, 3.63) is 18.2 Å². The quantitative estimate of drug-likeness (QED) is 0.565. The van der Waals surface area contributed by atoms with E-state index in [4.69, 9.17) is 5.73 Å². The molecule has 20 heavy (non-hydrogen) atoms. The third-order valence-corrected chi connectivity index (χ3v) is 3.06. The van der Waals surface area contributed by atoms with Crippen LogP contribution in [0.15, 0.2) is 12.5 Å². The zero-order valence-corrected chi connectivity index (χ0v) is 11.5. The van der Waals surface area contributed by atoms with Crippen LogP contribution in [0.3, 0.4) is 0 Å². The first kappa shape index (κ1) is 14.5. The van der Waals surface area contributed by atoms with Crippen molar-refractivity contribution >= 4 is 11.8 Å². The van der Waals surface area contributed by atoms with Gasteiger partial charge in [0.05, 0.1) is 6.33 Å². The zero-order valence-electron chi connectivity index (χ0n) is 11.5. The third-order valence-electron chi connectivity index (χ3n) is 3.06. The maximum atomic E-state index is 11.8. The minimum Gasteiger partial charge on any atom is -0.353 e. The highest BCUT2D eigenvalue weighted by Gasteiger charge is 2.22. The monoisotopic (exact) mass is 279 g/mol. The number of amides is 2. The van der Waals surface area contributed by atoms with Crippen LogP contribution in [-0.2, 0) is 11.3 Å². The zero-order chi connectivity index (χ0) is 14.4. The van der Waals surface area contributed by atoms with Gasteiger partial charge in [-0.25, -0.2) is 4.98 Å². The number of nitrogens with one attached hydrogen (secondary N) is 2. The number of rotatable bonds is 8. The van der Waals surface area contributed by atoms with Gasteiger partial charge in [0.25, 0.3) is 5.91 Å². The van der Waals surface area contributed by atoms with Crippen molar-refractivity contribution in [1.82, 2.24) is 20.2 Å². The van der Waals surface area contributed by atoms with Gasteiger partial charge in [0.2, 0.25) is 5.91 Å². The predicted octanol–water partition coefficient (Wildman–Crippen LogP) is -0.370. The molecule has 0 aromatic carbocycles. The van der Waals surface area contributed by atoms with Crippen molar-refractivity contribution in [3.63, 3.8) is 0 Å². The maximum Gasteiger partial charge on any atom is 0.271 e. The topological polar surface area (TPSA) is 102 Å². The molecular formula is C13H21N5O2. The Morgan fingerprint density at radius 3 is 2.95 bits per heavy atom. The number of carbonyl (C=O) groups excluding carboxylic acids is 2. The summed E-state index contributed by atoms with van der Waals surface area (Å²) in [6.45, 7) is 1.62. The van der Waals surface area contributed by atoms with Crippen molar-refractivity contribution in [2.45, 2.75) is 38.3 Å². The van der Waals surface area contributed by atoms with E-state index in [0.29, 0.717) is 44.2 Å². The minimum absolute atomic E-state index is 0.0639. The number of nitrogens with zero attached hydrogens (tertiary/aromatic N) is 2. The van der Waals surface area contributed by atoms with Crippen molar-refractivity contribution in [2.24, 2.45) is 5.73 Å². The Morgan fingerprint density at radius 1 is 1.45 bits per heavy atom. The largest absolute Gasteiger partial charge is 0.353 e. The van der Waals surface area contributed by atoms with E-state index in [9.17, 15) is 9.59 Å². The Labute approximate surface area is 117 Å². The summed E-state index contributed by atoms with van der Waals surface area (Å²) in [5.74, 6) is -0.155. The highest BCUT2D eigenvalue weighted by molar-refractivity contribution is 5.92. The Balaban J connectivity index is 1.62. The number of carbonyl (C=O) groups is 2. The standard InChI is InChI=1S/C13H21N5O2/c14-5-7-18-8-11(16-9-18)13(20)15-6-1-2-12(19)17-10-3-4-10/h8-10H,1-7,14H2,(H,15,20)(H,17,19). The molecule has 7 nitrogen and oxygen atoms in total. The van der Waals surface area contributed by atoms with Gasteiger partial charge >= 0.3 is 0 Å². The molecule has 1 aromatic heterocycles. The molecule has 0 radical (unpaired) electrons. The van der Waals surface area contributed by atoms with Gasteiger partial charge in [0, 0.05) is 38.3 Å². The van der Waals surface area contributed by atoms with E-state index in [1.165, 1.54) is 0 Å². The number of hydrogen-bond acceptors (Lipinski definition) is 4. The van der Waals surface area contributed by atoms with E-state index in [0.717, 1.165) is 12.8 Å². The van der Waals surface area contributed by atoms with Crippen molar-refractivity contribution < 1.29 is 9.59 Å². The van der Waals surface area contributed by atoms with Gasteiger partial charge in [-0.1, -0.05) is 0 Å². The first-order chi connectivity index (χ1) is 9.69. The molecule has 1 heterocycles. The van der Waals surface area contributed by atoms with Crippen molar-refractivity contribution in [1.29, 1.82) is 0 Å². The SMILES string of the molecule is NCCn1cnc(C(=O)NCCCC(=O)NC2CC2)c1. The molecule has 0 spiro atoms. The fourth-order valence-corrected chi connectivity index (χ4v) is 1.82. The molecule has 1 saturated carbocycles. The predicted molar refractivity (Wildman–Crippen MR) is 74.0 cm³/mol. The van der Waals surface area contributed by atoms with Crippen LogP contribution in [0, 0.1) is 0 Å². The summed E-state index contributed by atoms with van der Waals surface area (Å²) in [6, 6.07) is 0.392. The van der Waals surface area contributed by atoms with Crippen molar-refractivity contribution in [2.75, 3.05) is 13.1 Å². The normalized spacial score (nSPS) is 14.1. The van der Waals surface area contributed by atoms with Gasteiger partial charge in [-0.3, -0.25) is 9.59 Å². The van der Waals surface area contributed by atoms with Crippen LogP contribution < -0.4 is 16.4 Å². The molecule has 0 saturated heterocycles. The highest BCUT2D eigenvalue weighted by atomic mass is 16.2. The molecule has 0 aliphatic heterocycles. The summed E-state index contributed by atoms with van der Waals surface area (Å²) in [5.41, 5.74) is 5.80. The summed E-state index contributed by atoms with van der Waals surface area (Å²) in [5, 5.41) is 5.66. The Bertz CT molecular complexity index is 467. The second-order valence-electron chi connectivity index (χ2n) is 4.99. The van der Waals surface area contributed by atoms with Crippen LogP contribution >= 0.6 is 0 Å². The van der Waals surface area contributed by atoms with Gasteiger partial charge in [0.1, 0.15) is 5.69 Å². The third kappa shape index (κ3) is 4.65. The number of imidazole rings is 1. The van der Waals surface area contributed by atoms with Crippen LogP contribution in [0.25, 0.3) is 0 Å². The first-order valence-electron chi connectivity index (χ1n) is 6.98. The van der Waals surface area contributed by atoms with Gasteiger partial charge in [0.15, 0.2) is 0 Å². The second-order valence-corrected chi connectivity index (χ2v) is 4.99. The van der Waals surface area contributed by atoms with Crippen LogP contribution in [0.5, 0.6) is 0 Å². The lowest BCUT2D eigenvalue weighted by atomic mass is 10.3. The number of hydrogen-bond donors (Lipinski definition) is 3. The number of aromatic nitrogens is 2. The summed E-state index contributed by atoms with van der Waals surface area (Å²) in [6.07, 6.45) is 6.51. The minimum atomic E-state index is -0.219. The van der Waals surface area contributed by atoms with Gasteiger partial charge in [-0.05, 0) is 19.3 Å². The Morgan fingerprint density at radius 2 is 2.25 bits per heavy atom. The highest BCUT2D eigenvalue weighted by Crippen LogP contribution is 2.18. The second kappa shape index (κ2) is 7.04. The van der Waals surface area contributed by atoms with E-state index in [-0.39, 0.29) is 11.8 Å². The van der Waals surface area contributed by atoms with E-state index in [2.05, 4.69) is 15.6 Å². The molecule has 2 amide bonds. The van der Waals surface area contributed by atoms with Gasteiger partial charge in [-0.2, -0.15) is 0 Å². The molecule has 0 atom stereocenters. The van der Waals surface area contributed by atoms with E-state index in [1.807, 2.05) is 0 Å². The lowest BCUT2D eigenvalue weighted by Gasteiger charge is -2.04. The van der Waals surface area contributed by atoms with Gasteiger partial charge in [-0.15, -0.1) is 0 Å². The van der Waals surface area contributed by atoms with Crippen LogP contribution in [0.1, 0.15) is 36.2 Å². The average molecular weight is 279 g/mol. The summed E-state index contributed by atoms with van der Waals surface area (Å²) < 4.78 is 1.78. The van der Waals surface area contributed by atoms with Crippen LogP contribution in [0.2, 0.25) is 0 Å². The molecule has 7 heteroatoms. The Kier molecular flexibility index (Phi) is 5.11. The molecule has 1 aliphatic rings. The summed E-state index contributed by atoms with van der Waals surface area (Å²) in [4.78, 5) is 27.2. The smallest absolute Gasteiger partial charge is 0.271 e.